The van der Waals surface area contributed by atoms with Gasteiger partial charge in [0, 0.05) is 5.57 Å². The molecule has 1 fully saturated rings. The second kappa shape index (κ2) is 13.8. The third-order valence-electron chi connectivity index (χ3n) is 7.52. The van der Waals surface area contributed by atoms with Crippen molar-refractivity contribution >= 4 is 8.32 Å². The summed E-state index contributed by atoms with van der Waals surface area (Å²) in [6, 6.07) is 21.3. The van der Waals surface area contributed by atoms with Crippen molar-refractivity contribution in [1.29, 1.82) is 5.26 Å². The van der Waals surface area contributed by atoms with E-state index in [1.54, 1.807) is 0 Å². The summed E-state index contributed by atoms with van der Waals surface area (Å²) in [5.74, 6) is 0. The fraction of sp³-hybridized carbons (Fsp3) is 0.500. The molecule has 1 aliphatic carbocycles. The van der Waals surface area contributed by atoms with Crippen molar-refractivity contribution in [2.45, 2.75) is 70.4 Å². The normalized spacial score (nSPS) is 24.7. The van der Waals surface area contributed by atoms with Crippen molar-refractivity contribution < 1.29 is 32.9 Å². The Kier molecular flexibility index (Phi) is 11.0. The number of hydrogen-bond acceptors (Lipinski definition) is 7. The zero-order valence-corrected chi connectivity index (χ0v) is 24.4. The van der Waals surface area contributed by atoms with E-state index >= 15 is 0 Å². The standard InChI is InChI=1S/C30H40FNO6Si/c1-29(2,3)39(4,5)38-27-25(16-31)30(19-32,20-36-21-34-17-23-12-8-6-9-13-23)28(26(27)33)37-22-35-18-24-14-10-7-11-15-24/h6-16,26-28,33H,17-18,20-22H2,1-5H3/b25-16+/t26-,27-,28-,30-/m0/s1. The first-order valence-electron chi connectivity index (χ1n) is 13.1. The first kappa shape index (κ1) is 31.1. The molecule has 39 heavy (non-hydrogen) atoms. The Morgan fingerprint density at radius 1 is 0.949 bits per heavy atom. The van der Waals surface area contributed by atoms with Crippen LogP contribution in [0.4, 0.5) is 4.39 Å². The molecule has 1 saturated carbocycles. The van der Waals surface area contributed by atoms with Gasteiger partial charge in [0.2, 0.25) is 0 Å². The summed E-state index contributed by atoms with van der Waals surface area (Å²) in [7, 11) is -2.47. The highest BCUT2D eigenvalue weighted by Gasteiger charge is 2.61. The molecule has 2 aromatic rings. The van der Waals surface area contributed by atoms with Crippen LogP contribution in [-0.4, -0.2) is 51.9 Å². The summed E-state index contributed by atoms with van der Waals surface area (Å²) in [6.07, 6.45) is -3.17. The van der Waals surface area contributed by atoms with Gasteiger partial charge >= 0.3 is 0 Å². The minimum absolute atomic E-state index is 0.00144. The van der Waals surface area contributed by atoms with Gasteiger partial charge in [-0.25, -0.2) is 4.39 Å². The van der Waals surface area contributed by atoms with Crippen LogP contribution in [0.15, 0.2) is 72.6 Å². The number of nitrogens with zero attached hydrogens (tertiary/aromatic N) is 1. The molecule has 7 nitrogen and oxygen atoms in total. The molecule has 9 heteroatoms. The smallest absolute Gasteiger partial charge is 0.193 e. The Morgan fingerprint density at radius 2 is 1.49 bits per heavy atom. The first-order chi connectivity index (χ1) is 18.6. The van der Waals surface area contributed by atoms with E-state index in [0.29, 0.717) is 12.9 Å². The third kappa shape index (κ3) is 7.61. The highest BCUT2D eigenvalue weighted by atomic mass is 28.4. The molecule has 0 bridgehead atoms. The topological polar surface area (TPSA) is 90.2 Å². The first-order valence-corrected chi connectivity index (χ1v) is 16.0. The van der Waals surface area contributed by atoms with Crippen LogP contribution in [0.25, 0.3) is 0 Å². The van der Waals surface area contributed by atoms with Crippen molar-refractivity contribution in [1.82, 2.24) is 0 Å². The predicted octanol–water partition coefficient (Wildman–Crippen LogP) is 5.87. The van der Waals surface area contributed by atoms with E-state index in [1.807, 2.05) is 73.8 Å². The van der Waals surface area contributed by atoms with Crippen LogP contribution in [0.3, 0.4) is 0 Å². The lowest BCUT2D eigenvalue weighted by Crippen LogP contribution is -2.47. The molecule has 1 N–H and O–H groups in total. The van der Waals surface area contributed by atoms with Crippen LogP contribution in [0.5, 0.6) is 0 Å². The van der Waals surface area contributed by atoms with Gasteiger partial charge in [0.25, 0.3) is 0 Å². The number of ether oxygens (including phenoxy) is 4. The van der Waals surface area contributed by atoms with E-state index in [-0.39, 0.29) is 37.4 Å². The number of hydrogen-bond donors (Lipinski definition) is 1. The Bertz CT molecular complexity index is 1100. The largest absolute Gasteiger partial charge is 0.407 e. The molecule has 0 saturated heterocycles. The maximum atomic E-state index is 14.6. The number of nitriles is 1. The Hall–Kier alpha value is -2.42. The number of rotatable bonds is 13. The third-order valence-corrected chi connectivity index (χ3v) is 12.0. The molecule has 0 aliphatic heterocycles. The minimum atomic E-state index is -2.47. The lowest BCUT2D eigenvalue weighted by molar-refractivity contribution is -0.162. The zero-order chi connectivity index (χ0) is 28.5. The molecule has 2 aromatic carbocycles. The number of benzene rings is 2. The van der Waals surface area contributed by atoms with Gasteiger partial charge in [0.1, 0.15) is 31.2 Å². The maximum Gasteiger partial charge on any atom is 0.193 e. The summed E-state index contributed by atoms with van der Waals surface area (Å²) in [5.41, 5.74) is 0.268. The van der Waals surface area contributed by atoms with E-state index < -0.39 is 32.0 Å². The molecular weight excluding hydrogens is 517 g/mol. The fourth-order valence-corrected chi connectivity index (χ4v) is 5.51. The summed E-state index contributed by atoms with van der Waals surface area (Å²) in [5, 5.41) is 21.6. The van der Waals surface area contributed by atoms with Gasteiger partial charge in [-0.05, 0) is 29.3 Å². The lowest BCUT2D eigenvalue weighted by atomic mass is 9.83. The van der Waals surface area contributed by atoms with E-state index in [9.17, 15) is 14.8 Å². The van der Waals surface area contributed by atoms with Crippen molar-refractivity contribution in [3.8, 4) is 6.07 Å². The van der Waals surface area contributed by atoms with Crippen molar-refractivity contribution in [3.05, 3.63) is 83.7 Å². The summed E-state index contributed by atoms with van der Waals surface area (Å²) in [4.78, 5) is 0. The van der Waals surface area contributed by atoms with Crippen LogP contribution in [0.2, 0.25) is 18.1 Å². The average molecular weight is 558 g/mol. The van der Waals surface area contributed by atoms with E-state index in [4.69, 9.17) is 23.4 Å². The molecule has 4 atom stereocenters. The molecule has 1 aliphatic rings. The molecule has 0 unspecified atom stereocenters. The van der Waals surface area contributed by atoms with Gasteiger partial charge in [0.05, 0.1) is 38.3 Å². The number of aliphatic hydroxyl groups excluding tert-OH is 1. The monoisotopic (exact) mass is 557 g/mol. The van der Waals surface area contributed by atoms with Crippen molar-refractivity contribution in [2.24, 2.45) is 5.41 Å². The fourth-order valence-electron chi connectivity index (χ4n) is 4.26. The number of halogens is 1. The van der Waals surface area contributed by atoms with E-state index in [1.165, 1.54) is 0 Å². The molecule has 0 spiro atoms. The van der Waals surface area contributed by atoms with E-state index in [0.717, 1.165) is 11.1 Å². The number of aliphatic hydroxyl groups is 1. The SMILES string of the molecule is CC(C)(C)[Si](C)(C)O[C@H]1/C(=C\F)[C@](C#N)(COCOCc2ccccc2)[C@@H](OCOCc2ccccc2)[C@H]1O. The summed E-state index contributed by atoms with van der Waals surface area (Å²) < 4.78 is 44.0. The van der Waals surface area contributed by atoms with Gasteiger partial charge in [-0.2, -0.15) is 5.26 Å². The molecule has 0 radical (unpaired) electrons. The lowest BCUT2D eigenvalue weighted by Gasteiger charge is -2.39. The molecule has 0 aromatic heterocycles. The van der Waals surface area contributed by atoms with Gasteiger partial charge in [-0.3, -0.25) is 0 Å². The predicted molar refractivity (Wildman–Crippen MR) is 148 cm³/mol. The van der Waals surface area contributed by atoms with E-state index in [2.05, 4.69) is 26.8 Å². The minimum Gasteiger partial charge on any atom is -0.407 e. The molecular formula is C30H40FNO6Si. The van der Waals surface area contributed by atoms with Crippen LogP contribution < -0.4 is 0 Å². The highest BCUT2D eigenvalue weighted by Crippen LogP contribution is 2.49. The van der Waals surface area contributed by atoms with Crippen LogP contribution in [0.1, 0.15) is 31.9 Å². The Labute approximate surface area is 232 Å². The Morgan fingerprint density at radius 3 is 1.97 bits per heavy atom. The van der Waals surface area contributed by atoms with Gasteiger partial charge in [-0.1, -0.05) is 81.4 Å². The summed E-state index contributed by atoms with van der Waals surface area (Å²) >= 11 is 0. The second-order valence-electron chi connectivity index (χ2n) is 11.3. The highest BCUT2D eigenvalue weighted by molar-refractivity contribution is 6.74. The molecule has 0 amide bonds. The molecule has 0 heterocycles. The van der Waals surface area contributed by atoms with Crippen molar-refractivity contribution in [3.63, 3.8) is 0 Å². The molecule has 3 rings (SSSR count). The Balaban J connectivity index is 1.76. The van der Waals surface area contributed by atoms with Crippen LogP contribution in [0, 0.1) is 16.7 Å². The maximum absolute atomic E-state index is 14.6. The quantitative estimate of drug-likeness (QED) is 0.187. The zero-order valence-electron chi connectivity index (χ0n) is 23.4. The van der Waals surface area contributed by atoms with Gasteiger partial charge < -0.3 is 28.5 Å². The van der Waals surface area contributed by atoms with Gasteiger partial charge in [-0.15, -0.1) is 0 Å². The average Bonchev–Trinajstić information content (AvgIpc) is 3.13. The molecule has 212 valence electrons. The second-order valence-corrected chi connectivity index (χ2v) is 16.0. The summed E-state index contributed by atoms with van der Waals surface area (Å²) in [6.45, 7) is 10.2. The van der Waals surface area contributed by atoms with Crippen LogP contribution in [-0.2, 0) is 36.6 Å². The van der Waals surface area contributed by atoms with Gasteiger partial charge in [0.15, 0.2) is 8.32 Å². The van der Waals surface area contributed by atoms with Crippen LogP contribution >= 0.6 is 0 Å². The van der Waals surface area contributed by atoms with Crippen molar-refractivity contribution in [2.75, 3.05) is 20.2 Å².